The summed E-state index contributed by atoms with van der Waals surface area (Å²) < 4.78 is 11.6. The number of ether oxygens (including phenoxy) is 2. The van der Waals surface area contributed by atoms with E-state index in [2.05, 4.69) is 15.3 Å². The van der Waals surface area contributed by atoms with Crippen LogP contribution in [0, 0.1) is 0 Å². The van der Waals surface area contributed by atoms with Gasteiger partial charge < -0.3 is 14.4 Å². The summed E-state index contributed by atoms with van der Waals surface area (Å²) in [6.45, 7) is 1.01. The van der Waals surface area contributed by atoms with E-state index in [1.807, 2.05) is 54.4 Å². The van der Waals surface area contributed by atoms with E-state index in [1.54, 1.807) is 12.3 Å². The Labute approximate surface area is 201 Å². The molecule has 2 heterocycles. The van der Waals surface area contributed by atoms with Gasteiger partial charge in [-0.3, -0.25) is 14.9 Å². The van der Waals surface area contributed by atoms with Gasteiger partial charge in [0.05, 0.1) is 11.8 Å². The van der Waals surface area contributed by atoms with Crippen LogP contribution in [0.15, 0.2) is 60.5 Å². The van der Waals surface area contributed by atoms with E-state index >= 15 is 0 Å². The van der Waals surface area contributed by atoms with Crippen LogP contribution in [0.3, 0.4) is 0 Å². The van der Waals surface area contributed by atoms with E-state index in [0.29, 0.717) is 43.6 Å². The van der Waals surface area contributed by atoms with E-state index in [4.69, 9.17) is 21.7 Å². The summed E-state index contributed by atoms with van der Waals surface area (Å²) in [5.74, 6) is 2.19. The molecule has 1 atom stereocenters. The average Bonchev–Trinajstić information content (AvgIpc) is 3.13. The smallest absolute Gasteiger partial charge is 0.286 e. The van der Waals surface area contributed by atoms with E-state index in [1.165, 1.54) is 0 Å². The van der Waals surface area contributed by atoms with Crippen molar-refractivity contribution in [1.29, 1.82) is 0 Å². The molecule has 2 amide bonds. The summed E-state index contributed by atoms with van der Waals surface area (Å²) in [7, 11) is 1.88. The molecule has 0 radical (unpaired) electrons. The molecule has 2 aliphatic rings. The lowest BCUT2D eigenvalue weighted by Crippen LogP contribution is -2.25. The molecule has 10 heteroatoms. The monoisotopic (exact) mass is 482 g/mol. The lowest BCUT2D eigenvalue weighted by atomic mass is 10.1. The predicted octanol–water partition coefficient (Wildman–Crippen LogP) is 3.48. The molecule has 1 fully saturated rings. The molecule has 1 aliphatic carbocycles. The number of rotatable bonds is 9. The number of likely N-dealkylation sites (N-methyl/N-ethyl adjacent to an activating group) is 1. The molecular formula is C23H22N4O4S2. The van der Waals surface area contributed by atoms with Crippen LogP contribution in [0.5, 0.6) is 11.6 Å². The molecule has 8 nitrogen and oxygen atoms in total. The number of nitrogens with one attached hydrogen (secondary N) is 1. The largest absolute Gasteiger partial charge is 0.492 e. The van der Waals surface area contributed by atoms with Crippen LogP contribution in [0.1, 0.15) is 12.0 Å². The summed E-state index contributed by atoms with van der Waals surface area (Å²) in [5.41, 5.74) is 0.969. The molecule has 1 unspecified atom stereocenters. The van der Waals surface area contributed by atoms with Crippen LogP contribution < -0.4 is 19.7 Å². The van der Waals surface area contributed by atoms with Crippen LogP contribution >= 0.6 is 24.0 Å². The maximum atomic E-state index is 11.7. The average molecular weight is 483 g/mol. The molecule has 1 saturated heterocycles. The van der Waals surface area contributed by atoms with Crippen LogP contribution in [0.4, 0.5) is 10.7 Å². The predicted molar refractivity (Wildman–Crippen MR) is 131 cm³/mol. The van der Waals surface area contributed by atoms with Gasteiger partial charge in [0.2, 0.25) is 17.7 Å². The second-order valence-corrected chi connectivity index (χ2v) is 9.11. The van der Waals surface area contributed by atoms with E-state index in [9.17, 15) is 9.59 Å². The number of hydrogen-bond acceptors (Lipinski definition) is 9. The number of hydrogen-bond donors (Lipinski definition) is 1. The fourth-order valence-corrected chi connectivity index (χ4v) is 4.16. The number of nitrogens with zero attached hydrogens (tertiary/aromatic N) is 3. The van der Waals surface area contributed by atoms with Gasteiger partial charge in [0.1, 0.15) is 18.1 Å². The van der Waals surface area contributed by atoms with Crippen LogP contribution in [0.25, 0.3) is 0 Å². The number of carbonyl (C=O) groups is 2. The molecule has 170 valence electrons. The quantitative estimate of drug-likeness (QED) is 0.539. The number of anilines is 1. The fourth-order valence-electron chi connectivity index (χ4n) is 3.15. The number of thiocarbonyl (C=S) groups is 1. The number of benzene rings is 1. The second kappa shape index (κ2) is 10.6. The van der Waals surface area contributed by atoms with Crippen molar-refractivity contribution in [3.05, 3.63) is 66.1 Å². The molecule has 1 N–H and O–H groups in total. The number of thioether (sulfide) groups is 1. The Morgan fingerprint density at radius 3 is 2.73 bits per heavy atom. The molecule has 1 aliphatic heterocycles. The number of aromatic nitrogens is 2. The highest BCUT2D eigenvalue weighted by Gasteiger charge is 2.31. The Morgan fingerprint density at radius 1 is 1.21 bits per heavy atom. The molecule has 4 rings (SSSR count). The Bertz CT molecular complexity index is 1120. The molecular weight excluding hydrogens is 460 g/mol. The topological polar surface area (TPSA) is 93.7 Å². The summed E-state index contributed by atoms with van der Waals surface area (Å²) in [4.78, 5) is 34.5. The van der Waals surface area contributed by atoms with Crippen LogP contribution in [-0.4, -0.2) is 51.4 Å². The van der Waals surface area contributed by atoms with E-state index in [-0.39, 0.29) is 16.4 Å². The Morgan fingerprint density at radius 2 is 2.03 bits per heavy atom. The Balaban J connectivity index is 1.25. The Hall–Kier alpha value is -3.24. The number of allylic oxidation sites excluding steroid dienone is 3. The first-order chi connectivity index (χ1) is 16.0. The SMILES string of the molecule is CN(CCOc1ccc(CC2SC(=O)NC2=O)cc1)c1nccc(OC2=CCC(=S)C=C2)n1. The highest BCUT2D eigenvalue weighted by molar-refractivity contribution is 8.15. The van der Waals surface area contributed by atoms with Gasteiger partial charge in [-0.25, -0.2) is 4.98 Å². The zero-order valence-corrected chi connectivity index (χ0v) is 19.5. The van der Waals surface area contributed by atoms with Crippen LogP contribution in [0.2, 0.25) is 0 Å². The molecule has 0 bridgehead atoms. The van der Waals surface area contributed by atoms with Gasteiger partial charge in [-0.1, -0.05) is 36.1 Å². The first kappa shape index (κ1) is 22.9. The lowest BCUT2D eigenvalue weighted by molar-refractivity contribution is -0.118. The third kappa shape index (κ3) is 6.39. The standard InChI is InChI=1S/C23H22N4O4S2/c1-27(22-24-11-10-20(25-22)31-17-6-8-18(32)9-7-17)12-13-30-16-4-2-15(3-5-16)14-19-21(28)26-23(29)33-19/h2-8,10-11,19H,9,12-14H2,1H3,(H,26,28,29). The number of carbonyl (C=O) groups excluding carboxylic acids is 2. The minimum Gasteiger partial charge on any atom is -0.492 e. The van der Waals surface area contributed by atoms with Crippen molar-refractivity contribution >= 4 is 45.9 Å². The maximum absolute atomic E-state index is 11.7. The second-order valence-electron chi connectivity index (χ2n) is 7.41. The lowest BCUT2D eigenvalue weighted by Gasteiger charge is -2.18. The molecule has 1 aromatic heterocycles. The maximum Gasteiger partial charge on any atom is 0.286 e. The highest BCUT2D eigenvalue weighted by Crippen LogP contribution is 2.24. The first-order valence-electron chi connectivity index (χ1n) is 10.3. The molecule has 0 spiro atoms. The molecule has 2 aromatic rings. The fraction of sp³-hybridized carbons (Fsp3) is 0.261. The van der Waals surface area contributed by atoms with Crippen molar-refractivity contribution in [3.8, 4) is 11.6 Å². The summed E-state index contributed by atoms with van der Waals surface area (Å²) in [6, 6.07) is 9.23. The van der Waals surface area contributed by atoms with E-state index < -0.39 is 0 Å². The van der Waals surface area contributed by atoms with Gasteiger partial charge in [-0.05, 0) is 42.3 Å². The Kier molecular flexibility index (Phi) is 7.36. The van der Waals surface area contributed by atoms with Crippen molar-refractivity contribution in [2.24, 2.45) is 0 Å². The van der Waals surface area contributed by atoms with Gasteiger partial charge >= 0.3 is 0 Å². The first-order valence-corrected chi connectivity index (χ1v) is 11.6. The van der Waals surface area contributed by atoms with Gasteiger partial charge in [-0.2, -0.15) is 4.98 Å². The highest BCUT2D eigenvalue weighted by atomic mass is 32.2. The van der Waals surface area contributed by atoms with Gasteiger partial charge in [0, 0.05) is 30.6 Å². The van der Waals surface area contributed by atoms with Gasteiger partial charge in [0.25, 0.3) is 5.24 Å². The minimum atomic E-state index is -0.374. The number of imide groups is 1. The molecule has 33 heavy (non-hydrogen) atoms. The van der Waals surface area contributed by atoms with Crippen molar-refractivity contribution < 1.29 is 19.1 Å². The van der Waals surface area contributed by atoms with E-state index in [0.717, 1.165) is 27.9 Å². The van der Waals surface area contributed by atoms with Crippen molar-refractivity contribution in [3.63, 3.8) is 0 Å². The third-order valence-corrected chi connectivity index (χ3v) is 6.21. The molecule has 0 saturated carbocycles. The minimum absolute atomic E-state index is 0.235. The summed E-state index contributed by atoms with van der Waals surface area (Å²) in [6.07, 6.45) is 8.45. The normalized spacial score (nSPS) is 17.5. The summed E-state index contributed by atoms with van der Waals surface area (Å²) >= 11 is 6.17. The third-order valence-electron chi connectivity index (χ3n) is 4.93. The van der Waals surface area contributed by atoms with Crippen molar-refractivity contribution in [2.75, 3.05) is 25.1 Å². The zero-order chi connectivity index (χ0) is 23.2. The van der Waals surface area contributed by atoms with Crippen LogP contribution in [-0.2, 0) is 11.2 Å². The van der Waals surface area contributed by atoms with Crippen molar-refractivity contribution in [2.45, 2.75) is 18.1 Å². The number of amides is 2. The van der Waals surface area contributed by atoms with Crippen molar-refractivity contribution in [1.82, 2.24) is 15.3 Å². The summed E-state index contributed by atoms with van der Waals surface area (Å²) in [5, 5.41) is 1.64. The van der Waals surface area contributed by atoms with Gasteiger partial charge in [0.15, 0.2) is 0 Å². The molecule has 1 aromatic carbocycles. The van der Waals surface area contributed by atoms with Gasteiger partial charge in [-0.15, -0.1) is 0 Å². The zero-order valence-electron chi connectivity index (χ0n) is 17.9.